The second kappa shape index (κ2) is 6.20. The molecule has 0 saturated heterocycles. The fourth-order valence-electron chi connectivity index (χ4n) is 2.32. The van der Waals surface area contributed by atoms with Crippen LogP contribution in [0.4, 0.5) is 0 Å². The molecule has 0 aliphatic carbocycles. The number of fused-ring (bicyclic) bond motifs is 1. The summed E-state index contributed by atoms with van der Waals surface area (Å²) in [6, 6.07) is 14.1. The van der Waals surface area contributed by atoms with Crippen LogP contribution in [0, 0.1) is 0 Å². The van der Waals surface area contributed by atoms with Crippen molar-refractivity contribution in [3.05, 3.63) is 58.1 Å². The Bertz CT molecular complexity index is 615. The molecular weight excluding hydrogens is 336 g/mol. The quantitative estimate of drug-likeness (QED) is 0.837. The zero-order chi connectivity index (χ0) is 13.9. The second-order valence-electron chi connectivity index (χ2n) is 4.69. The topological polar surface area (TPSA) is 29.5 Å². The van der Waals surface area contributed by atoms with Gasteiger partial charge in [0.05, 0.1) is 12.7 Å². The first-order valence-corrected chi connectivity index (χ1v) is 8.33. The van der Waals surface area contributed by atoms with Crippen molar-refractivity contribution in [3.8, 4) is 5.75 Å². The summed E-state index contributed by atoms with van der Waals surface area (Å²) in [5.74, 6) is 1.50. The summed E-state index contributed by atoms with van der Waals surface area (Å²) in [6.45, 7) is 0.719. The fraction of sp³-hybridized carbons (Fsp3) is 0.250. The van der Waals surface area contributed by atoms with Crippen LogP contribution in [0.3, 0.4) is 0 Å². The molecule has 0 fully saturated rings. The minimum absolute atomic E-state index is 0.514. The summed E-state index contributed by atoms with van der Waals surface area (Å²) in [4.78, 5) is 1.14. The maximum Gasteiger partial charge on any atom is 0.128 e. The monoisotopic (exact) mass is 350 g/mol. The molecule has 1 aliphatic heterocycles. The Kier molecular flexibility index (Phi) is 4.34. The number of aliphatic hydroxyl groups is 1. The highest BCUT2D eigenvalue weighted by molar-refractivity contribution is 9.10. The van der Waals surface area contributed by atoms with E-state index >= 15 is 0 Å². The van der Waals surface area contributed by atoms with Gasteiger partial charge >= 0.3 is 0 Å². The van der Waals surface area contributed by atoms with Crippen molar-refractivity contribution in [3.63, 3.8) is 0 Å². The van der Waals surface area contributed by atoms with Gasteiger partial charge in [-0.25, -0.2) is 0 Å². The zero-order valence-corrected chi connectivity index (χ0v) is 13.3. The minimum atomic E-state index is -0.514. The van der Waals surface area contributed by atoms with Crippen LogP contribution < -0.4 is 4.74 Å². The molecule has 0 spiro atoms. The average molecular weight is 351 g/mol. The van der Waals surface area contributed by atoms with Gasteiger partial charge in [-0.3, -0.25) is 0 Å². The van der Waals surface area contributed by atoms with Crippen molar-refractivity contribution in [2.45, 2.75) is 17.4 Å². The number of para-hydroxylation sites is 1. The van der Waals surface area contributed by atoms with Gasteiger partial charge in [0.2, 0.25) is 0 Å². The first kappa shape index (κ1) is 14.0. The van der Waals surface area contributed by atoms with E-state index in [2.05, 4.69) is 22.0 Å². The number of hydrogen-bond acceptors (Lipinski definition) is 3. The molecule has 2 aromatic carbocycles. The predicted molar refractivity (Wildman–Crippen MR) is 85.5 cm³/mol. The van der Waals surface area contributed by atoms with E-state index in [0.29, 0.717) is 5.75 Å². The van der Waals surface area contributed by atoms with Crippen LogP contribution in [-0.4, -0.2) is 17.5 Å². The van der Waals surface area contributed by atoms with Crippen molar-refractivity contribution in [2.75, 3.05) is 12.4 Å². The van der Waals surface area contributed by atoms with E-state index in [1.807, 2.05) is 36.4 Å². The Labute approximate surface area is 131 Å². The molecule has 2 aromatic rings. The van der Waals surface area contributed by atoms with Crippen LogP contribution in [0.15, 0.2) is 51.8 Å². The Morgan fingerprint density at radius 1 is 1.20 bits per heavy atom. The number of benzene rings is 2. The Morgan fingerprint density at radius 3 is 2.90 bits per heavy atom. The van der Waals surface area contributed by atoms with Crippen molar-refractivity contribution in [1.82, 2.24) is 0 Å². The largest absolute Gasteiger partial charge is 0.493 e. The number of rotatable bonds is 4. The standard InChI is InChI=1S/C16H15BrO2S/c17-13-6-1-2-7-15(13)20-10-14(18)12-5-3-4-11-8-9-19-16(11)12/h1-7,14,18H,8-10H2. The summed E-state index contributed by atoms with van der Waals surface area (Å²) < 4.78 is 6.71. The van der Waals surface area contributed by atoms with Gasteiger partial charge in [0.25, 0.3) is 0 Å². The molecule has 0 radical (unpaired) electrons. The maximum absolute atomic E-state index is 10.4. The van der Waals surface area contributed by atoms with E-state index in [9.17, 15) is 5.11 Å². The third kappa shape index (κ3) is 2.87. The van der Waals surface area contributed by atoms with E-state index in [0.717, 1.165) is 33.7 Å². The van der Waals surface area contributed by atoms with E-state index in [1.165, 1.54) is 5.56 Å². The molecular formula is C16H15BrO2S. The normalized spacial score (nSPS) is 14.7. The Balaban J connectivity index is 1.73. The maximum atomic E-state index is 10.4. The molecule has 104 valence electrons. The van der Waals surface area contributed by atoms with Crippen LogP contribution in [0.1, 0.15) is 17.2 Å². The summed E-state index contributed by atoms with van der Waals surface area (Å²) >= 11 is 5.17. The highest BCUT2D eigenvalue weighted by atomic mass is 79.9. The third-order valence-electron chi connectivity index (χ3n) is 3.34. The van der Waals surface area contributed by atoms with Crippen LogP contribution in [0.2, 0.25) is 0 Å². The third-order valence-corrected chi connectivity index (χ3v) is 5.44. The summed E-state index contributed by atoms with van der Waals surface area (Å²) in [5, 5.41) is 10.4. The van der Waals surface area contributed by atoms with E-state index in [-0.39, 0.29) is 0 Å². The molecule has 1 heterocycles. The molecule has 2 nitrogen and oxygen atoms in total. The first-order valence-electron chi connectivity index (χ1n) is 6.55. The molecule has 0 bridgehead atoms. The Hall–Kier alpha value is -0.970. The smallest absolute Gasteiger partial charge is 0.128 e. The molecule has 3 rings (SSSR count). The van der Waals surface area contributed by atoms with Crippen LogP contribution in [-0.2, 0) is 6.42 Å². The number of halogens is 1. The van der Waals surface area contributed by atoms with Crippen LogP contribution in [0.5, 0.6) is 5.75 Å². The van der Waals surface area contributed by atoms with Crippen molar-refractivity contribution in [1.29, 1.82) is 0 Å². The number of aliphatic hydroxyl groups excluding tert-OH is 1. The van der Waals surface area contributed by atoms with E-state index in [1.54, 1.807) is 11.8 Å². The van der Waals surface area contributed by atoms with Gasteiger partial charge in [0.1, 0.15) is 5.75 Å². The number of thioether (sulfide) groups is 1. The molecule has 1 N–H and O–H groups in total. The van der Waals surface area contributed by atoms with E-state index in [4.69, 9.17) is 4.74 Å². The minimum Gasteiger partial charge on any atom is -0.493 e. The molecule has 0 saturated carbocycles. The van der Waals surface area contributed by atoms with Crippen molar-refractivity contribution < 1.29 is 9.84 Å². The first-order chi connectivity index (χ1) is 9.75. The SMILES string of the molecule is OC(CSc1ccccc1Br)c1cccc2c1OCC2. The number of hydrogen-bond donors (Lipinski definition) is 1. The second-order valence-corrected chi connectivity index (χ2v) is 6.61. The van der Waals surface area contributed by atoms with Gasteiger partial charge in [-0.2, -0.15) is 0 Å². The molecule has 1 atom stereocenters. The highest BCUT2D eigenvalue weighted by Crippen LogP contribution is 2.36. The molecule has 1 unspecified atom stereocenters. The average Bonchev–Trinajstić information content (AvgIpc) is 2.94. The Morgan fingerprint density at radius 2 is 2.05 bits per heavy atom. The number of ether oxygens (including phenoxy) is 1. The lowest BCUT2D eigenvalue weighted by atomic mass is 10.0. The van der Waals surface area contributed by atoms with Crippen molar-refractivity contribution in [2.24, 2.45) is 0 Å². The lowest BCUT2D eigenvalue weighted by molar-refractivity contribution is 0.198. The lowest BCUT2D eigenvalue weighted by Crippen LogP contribution is -2.03. The zero-order valence-electron chi connectivity index (χ0n) is 10.9. The predicted octanol–water partition coefficient (Wildman–Crippen LogP) is 4.21. The summed E-state index contributed by atoms with van der Waals surface area (Å²) in [5.41, 5.74) is 2.10. The van der Waals surface area contributed by atoms with Crippen LogP contribution in [0.25, 0.3) is 0 Å². The fourth-order valence-corrected chi connectivity index (χ4v) is 3.85. The van der Waals surface area contributed by atoms with Gasteiger partial charge in [-0.15, -0.1) is 11.8 Å². The van der Waals surface area contributed by atoms with Gasteiger partial charge in [-0.05, 0) is 33.6 Å². The molecule has 20 heavy (non-hydrogen) atoms. The molecule has 4 heteroatoms. The van der Waals surface area contributed by atoms with Gasteiger partial charge < -0.3 is 9.84 Å². The van der Waals surface area contributed by atoms with Crippen molar-refractivity contribution >= 4 is 27.7 Å². The molecule has 0 aromatic heterocycles. The van der Waals surface area contributed by atoms with E-state index < -0.39 is 6.10 Å². The van der Waals surface area contributed by atoms with Gasteiger partial charge in [0.15, 0.2) is 0 Å². The van der Waals surface area contributed by atoms with Crippen LogP contribution >= 0.6 is 27.7 Å². The lowest BCUT2D eigenvalue weighted by Gasteiger charge is -2.14. The molecule has 1 aliphatic rings. The summed E-state index contributed by atoms with van der Waals surface area (Å²) in [6.07, 6.45) is 0.424. The van der Waals surface area contributed by atoms with Gasteiger partial charge in [-0.1, -0.05) is 30.3 Å². The highest BCUT2D eigenvalue weighted by Gasteiger charge is 2.20. The van der Waals surface area contributed by atoms with Gasteiger partial charge in [0, 0.05) is 27.1 Å². The summed E-state index contributed by atoms with van der Waals surface area (Å²) in [7, 11) is 0. The molecule has 0 amide bonds.